The molecule has 5 heteroatoms. The number of benzene rings is 3. The summed E-state index contributed by atoms with van der Waals surface area (Å²) in [5, 5.41) is 23.0. The number of aliphatic hydroxyl groups excluding tert-OH is 1. The minimum absolute atomic E-state index is 0.455. The van der Waals surface area contributed by atoms with Gasteiger partial charge in [0.25, 0.3) is 0 Å². The zero-order valence-electron chi connectivity index (χ0n) is 14.5. The van der Waals surface area contributed by atoms with E-state index in [9.17, 15) is 5.11 Å². The number of fused-ring (bicyclic) bond motifs is 2. The van der Waals surface area contributed by atoms with Crippen molar-refractivity contribution in [3.05, 3.63) is 77.1 Å². The normalized spacial score (nSPS) is 12.7. The molecule has 0 unspecified atom stereocenters. The summed E-state index contributed by atoms with van der Waals surface area (Å²) >= 11 is 6.64. The van der Waals surface area contributed by atoms with Crippen molar-refractivity contribution >= 4 is 33.1 Å². The lowest BCUT2D eigenvalue weighted by molar-refractivity contribution is 0.174. The summed E-state index contributed by atoms with van der Waals surface area (Å²) in [5.41, 5.74) is 2.00. The molecule has 0 bridgehead atoms. The average Bonchev–Trinajstić information content (AvgIpc) is 3.11. The van der Waals surface area contributed by atoms with Gasteiger partial charge in [0, 0.05) is 42.7 Å². The van der Waals surface area contributed by atoms with Crippen LogP contribution in [0.25, 0.3) is 21.5 Å². The van der Waals surface area contributed by atoms with Gasteiger partial charge in [-0.25, -0.2) is 0 Å². The van der Waals surface area contributed by atoms with Gasteiger partial charge in [-0.3, -0.25) is 4.68 Å². The lowest BCUT2D eigenvalue weighted by Gasteiger charge is -2.15. The van der Waals surface area contributed by atoms with E-state index in [0.29, 0.717) is 13.1 Å². The summed E-state index contributed by atoms with van der Waals surface area (Å²) < 4.78 is 1.69. The number of aryl methyl sites for hydroxylation is 1. The van der Waals surface area contributed by atoms with E-state index in [1.165, 1.54) is 5.56 Å². The Balaban J connectivity index is 1.65. The maximum atomic E-state index is 10.3. The van der Waals surface area contributed by atoms with E-state index in [-0.39, 0.29) is 0 Å². The summed E-state index contributed by atoms with van der Waals surface area (Å²) in [7, 11) is 1.84. The van der Waals surface area contributed by atoms with Crippen LogP contribution in [0, 0.1) is 0 Å². The first-order valence-electron chi connectivity index (χ1n) is 8.60. The molecule has 26 heavy (non-hydrogen) atoms. The Morgan fingerprint density at radius 2 is 1.62 bits per heavy atom. The van der Waals surface area contributed by atoms with Gasteiger partial charge < -0.3 is 10.4 Å². The highest BCUT2D eigenvalue weighted by atomic mass is 35.5. The summed E-state index contributed by atoms with van der Waals surface area (Å²) in [6.45, 7) is 1.10. The van der Waals surface area contributed by atoms with Gasteiger partial charge in [-0.05, 0) is 16.3 Å². The highest BCUT2D eigenvalue weighted by Crippen LogP contribution is 2.36. The van der Waals surface area contributed by atoms with Crippen LogP contribution >= 0.6 is 11.6 Å². The Labute approximate surface area is 157 Å². The molecule has 0 saturated carbocycles. The topological polar surface area (TPSA) is 50.1 Å². The molecule has 1 atom stereocenters. The maximum absolute atomic E-state index is 10.3. The van der Waals surface area contributed by atoms with Crippen LogP contribution in [0.15, 0.2) is 60.9 Å². The monoisotopic (exact) mass is 365 g/mol. The van der Waals surface area contributed by atoms with Crippen LogP contribution in [0.2, 0.25) is 5.02 Å². The van der Waals surface area contributed by atoms with Crippen LogP contribution in [0.3, 0.4) is 0 Å². The van der Waals surface area contributed by atoms with Crippen LogP contribution in [0.4, 0.5) is 0 Å². The second-order valence-corrected chi connectivity index (χ2v) is 6.86. The van der Waals surface area contributed by atoms with Gasteiger partial charge in [0.05, 0.1) is 17.3 Å². The Kier molecular flexibility index (Phi) is 4.64. The minimum Gasteiger partial charge on any atom is -0.387 e. The number of halogens is 1. The van der Waals surface area contributed by atoms with Crippen molar-refractivity contribution in [2.24, 2.45) is 7.05 Å². The predicted octanol–water partition coefficient (Wildman–Crippen LogP) is 4.20. The Bertz CT molecular complexity index is 1020. The third-order valence-corrected chi connectivity index (χ3v) is 5.13. The number of nitrogens with one attached hydrogen (secondary N) is 1. The second kappa shape index (κ2) is 7.08. The van der Waals surface area contributed by atoms with Crippen molar-refractivity contribution < 1.29 is 5.11 Å². The Hall–Kier alpha value is -2.40. The summed E-state index contributed by atoms with van der Waals surface area (Å²) in [5.74, 6) is 0. The smallest absolute Gasteiger partial charge is 0.0944 e. The third-order valence-electron chi connectivity index (χ3n) is 4.73. The van der Waals surface area contributed by atoms with E-state index in [1.807, 2.05) is 37.5 Å². The first-order chi connectivity index (χ1) is 12.6. The van der Waals surface area contributed by atoms with Crippen LogP contribution in [0.1, 0.15) is 17.2 Å². The van der Waals surface area contributed by atoms with Gasteiger partial charge in [0.2, 0.25) is 0 Å². The second-order valence-electron chi connectivity index (χ2n) is 6.48. The molecule has 2 N–H and O–H groups in total. The van der Waals surface area contributed by atoms with Crippen LogP contribution in [0.5, 0.6) is 0 Å². The molecule has 1 heterocycles. The van der Waals surface area contributed by atoms with E-state index in [0.717, 1.165) is 32.1 Å². The fourth-order valence-corrected chi connectivity index (χ4v) is 3.75. The first kappa shape index (κ1) is 17.0. The molecule has 0 aliphatic rings. The van der Waals surface area contributed by atoms with E-state index < -0.39 is 6.10 Å². The van der Waals surface area contributed by atoms with E-state index in [2.05, 4.69) is 34.7 Å². The first-order valence-corrected chi connectivity index (χ1v) is 8.98. The zero-order valence-corrected chi connectivity index (χ0v) is 15.2. The highest BCUT2D eigenvalue weighted by Gasteiger charge is 2.13. The quantitative estimate of drug-likeness (QED) is 0.521. The fraction of sp³-hybridized carbons (Fsp3) is 0.190. The summed E-state index contributed by atoms with van der Waals surface area (Å²) in [6.07, 6.45) is 2.94. The van der Waals surface area contributed by atoms with Gasteiger partial charge in [-0.1, -0.05) is 60.1 Å². The van der Waals surface area contributed by atoms with Crippen LogP contribution < -0.4 is 5.32 Å². The summed E-state index contributed by atoms with van der Waals surface area (Å²) in [6, 6.07) is 16.4. The SMILES string of the molecule is Cn1cc([C@H](O)CNCc2c3ccccc3c(Cl)c3ccccc23)cn1. The van der Waals surface area contributed by atoms with Crippen molar-refractivity contribution in [3.8, 4) is 0 Å². The van der Waals surface area contributed by atoms with Crippen molar-refractivity contribution in [2.75, 3.05) is 6.54 Å². The maximum Gasteiger partial charge on any atom is 0.0944 e. The van der Waals surface area contributed by atoms with Gasteiger partial charge >= 0.3 is 0 Å². The number of hydrogen-bond donors (Lipinski definition) is 2. The van der Waals surface area contributed by atoms with E-state index >= 15 is 0 Å². The molecule has 4 nitrogen and oxygen atoms in total. The number of hydrogen-bond acceptors (Lipinski definition) is 3. The molecular formula is C21H20ClN3O. The highest BCUT2D eigenvalue weighted by molar-refractivity contribution is 6.41. The van der Waals surface area contributed by atoms with Crippen molar-refractivity contribution in [2.45, 2.75) is 12.6 Å². The number of aromatic nitrogens is 2. The van der Waals surface area contributed by atoms with Crippen LogP contribution in [-0.2, 0) is 13.6 Å². The minimum atomic E-state index is -0.589. The number of nitrogens with zero attached hydrogens (tertiary/aromatic N) is 2. The number of rotatable bonds is 5. The molecule has 0 spiro atoms. The molecule has 1 aromatic heterocycles. The molecule has 4 aromatic rings. The number of aliphatic hydroxyl groups is 1. The Morgan fingerprint density at radius 3 is 2.15 bits per heavy atom. The third kappa shape index (κ3) is 3.07. The van der Waals surface area contributed by atoms with Crippen molar-refractivity contribution in [3.63, 3.8) is 0 Å². The molecule has 4 rings (SSSR count). The molecule has 0 aliphatic carbocycles. The largest absolute Gasteiger partial charge is 0.387 e. The van der Waals surface area contributed by atoms with Gasteiger partial charge in [0.15, 0.2) is 0 Å². The lowest BCUT2D eigenvalue weighted by atomic mass is 9.96. The lowest BCUT2D eigenvalue weighted by Crippen LogP contribution is -2.21. The molecule has 0 aliphatic heterocycles. The Morgan fingerprint density at radius 1 is 1.04 bits per heavy atom. The standard InChI is InChI=1S/C21H20ClN3O/c1-25-13-14(10-24-25)20(26)12-23-11-19-15-6-2-4-8-17(15)21(22)18-9-5-3-7-16(18)19/h2-10,13,20,23,26H,11-12H2,1H3/t20-/m1/s1. The van der Waals surface area contributed by atoms with E-state index in [1.54, 1.807) is 10.9 Å². The average molecular weight is 366 g/mol. The summed E-state index contributed by atoms with van der Waals surface area (Å²) in [4.78, 5) is 0. The molecule has 0 radical (unpaired) electrons. The molecular weight excluding hydrogens is 346 g/mol. The van der Waals surface area contributed by atoms with Gasteiger partial charge in [0.1, 0.15) is 0 Å². The van der Waals surface area contributed by atoms with Gasteiger partial charge in [-0.2, -0.15) is 5.10 Å². The zero-order chi connectivity index (χ0) is 18.1. The van der Waals surface area contributed by atoms with E-state index in [4.69, 9.17) is 11.6 Å². The van der Waals surface area contributed by atoms with Crippen LogP contribution in [-0.4, -0.2) is 21.4 Å². The molecule has 0 amide bonds. The predicted molar refractivity (Wildman–Crippen MR) is 106 cm³/mol. The van der Waals surface area contributed by atoms with Crippen molar-refractivity contribution in [1.82, 2.24) is 15.1 Å². The van der Waals surface area contributed by atoms with Crippen molar-refractivity contribution in [1.29, 1.82) is 0 Å². The molecule has 0 fully saturated rings. The fourth-order valence-electron chi connectivity index (χ4n) is 3.42. The van der Waals surface area contributed by atoms with Gasteiger partial charge in [-0.15, -0.1) is 0 Å². The molecule has 3 aromatic carbocycles. The molecule has 132 valence electrons. The molecule has 0 saturated heterocycles.